The van der Waals surface area contributed by atoms with E-state index in [2.05, 4.69) is 16.6 Å². The van der Waals surface area contributed by atoms with Crippen molar-refractivity contribution in [3.63, 3.8) is 0 Å². The largest absolute Gasteiger partial charge is 0.497 e. The molecule has 6 nitrogen and oxygen atoms in total. The summed E-state index contributed by atoms with van der Waals surface area (Å²) in [5.74, 6) is 7.05. The molecule has 0 aliphatic carbocycles. The number of methoxy groups -OCH3 is 3. The molecule has 7 heteroatoms. The Hall–Kier alpha value is -2.69. The highest BCUT2D eigenvalue weighted by molar-refractivity contribution is 7.89. The van der Waals surface area contributed by atoms with Crippen LogP contribution >= 0.6 is 0 Å². The van der Waals surface area contributed by atoms with Crippen molar-refractivity contribution in [1.29, 1.82) is 0 Å². The predicted molar refractivity (Wildman–Crippen MR) is 94.6 cm³/mol. The molecule has 0 saturated carbocycles. The van der Waals surface area contributed by atoms with Gasteiger partial charge in [0.2, 0.25) is 10.0 Å². The summed E-state index contributed by atoms with van der Waals surface area (Å²) in [6, 6.07) is 11.7. The van der Waals surface area contributed by atoms with E-state index < -0.39 is 10.0 Å². The minimum absolute atomic E-state index is 0.000553. The number of ether oxygens (including phenoxy) is 3. The molecule has 0 fully saturated rings. The Morgan fingerprint density at radius 3 is 2.16 bits per heavy atom. The van der Waals surface area contributed by atoms with Gasteiger partial charge in [-0.05, 0) is 36.4 Å². The summed E-state index contributed by atoms with van der Waals surface area (Å²) < 4.78 is 42.6. The van der Waals surface area contributed by atoms with Crippen LogP contribution in [0.1, 0.15) is 5.56 Å². The Morgan fingerprint density at radius 2 is 1.56 bits per heavy atom. The molecule has 1 N–H and O–H groups in total. The summed E-state index contributed by atoms with van der Waals surface area (Å²) in [5, 5.41) is 0. The van der Waals surface area contributed by atoms with Gasteiger partial charge in [-0.1, -0.05) is 11.8 Å². The predicted octanol–water partition coefficient (Wildman–Crippen LogP) is 2.04. The highest BCUT2D eigenvalue weighted by Crippen LogP contribution is 2.27. The molecule has 25 heavy (non-hydrogen) atoms. The number of sulfonamides is 1. The Morgan fingerprint density at radius 1 is 0.920 bits per heavy atom. The summed E-state index contributed by atoms with van der Waals surface area (Å²) in [7, 11) is 0.679. The van der Waals surface area contributed by atoms with Crippen LogP contribution in [0.5, 0.6) is 17.2 Å². The molecule has 132 valence electrons. The average molecular weight is 361 g/mol. The van der Waals surface area contributed by atoms with E-state index in [4.69, 9.17) is 14.2 Å². The number of benzene rings is 2. The first-order valence-electron chi connectivity index (χ1n) is 7.35. The Bertz CT molecular complexity index is 880. The van der Waals surface area contributed by atoms with Gasteiger partial charge in [-0.25, -0.2) is 8.42 Å². The molecule has 0 aliphatic rings. The van der Waals surface area contributed by atoms with Crippen molar-refractivity contribution >= 4 is 10.0 Å². The third-order valence-electron chi connectivity index (χ3n) is 3.33. The Kier molecular flexibility index (Phi) is 6.28. The van der Waals surface area contributed by atoms with Crippen LogP contribution in [0, 0.1) is 11.8 Å². The third-order valence-corrected chi connectivity index (χ3v) is 4.76. The molecular weight excluding hydrogens is 342 g/mol. The maximum atomic E-state index is 12.4. The van der Waals surface area contributed by atoms with Crippen LogP contribution < -0.4 is 18.9 Å². The zero-order valence-corrected chi connectivity index (χ0v) is 15.0. The normalized spacial score (nSPS) is 10.5. The zero-order valence-electron chi connectivity index (χ0n) is 14.2. The van der Waals surface area contributed by atoms with Gasteiger partial charge < -0.3 is 14.2 Å². The van der Waals surface area contributed by atoms with Gasteiger partial charge in [0.05, 0.1) is 27.9 Å². The lowest BCUT2D eigenvalue weighted by Crippen LogP contribution is -2.24. The number of hydrogen-bond donors (Lipinski definition) is 1. The maximum absolute atomic E-state index is 12.4. The van der Waals surface area contributed by atoms with Crippen molar-refractivity contribution in [2.24, 2.45) is 0 Å². The van der Waals surface area contributed by atoms with Crippen LogP contribution in [0.15, 0.2) is 47.4 Å². The van der Waals surface area contributed by atoms with Crippen molar-refractivity contribution in [1.82, 2.24) is 4.72 Å². The van der Waals surface area contributed by atoms with Gasteiger partial charge in [-0.15, -0.1) is 0 Å². The van der Waals surface area contributed by atoms with E-state index in [1.165, 1.54) is 26.4 Å². The Balaban J connectivity index is 2.11. The van der Waals surface area contributed by atoms with E-state index in [-0.39, 0.29) is 17.2 Å². The van der Waals surface area contributed by atoms with E-state index in [9.17, 15) is 8.42 Å². The molecule has 0 atom stereocenters. The first-order chi connectivity index (χ1) is 12.0. The van der Waals surface area contributed by atoms with Gasteiger partial charge in [0.25, 0.3) is 0 Å². The van der Waals surface area contributed by atoms with E-state index >= 15 is 0 Å². The van der Waals surface area contributed by atoms with E-state index in [1.54, 1.807) is 37.4 Å². The smallest absolute Gasteiger partial charge is 0.245 e. The first-order valence-corrected chi connectivity index (χ1v) is 8.83. The second-order valence-corrected chi connectivity index (χ2v) is 6.61. The lowest BCUT2D eigenvalue weighted by atomic mass is 10.2. The SMILES string of the molecule is COc1ccc(C#CCNS(=O)(=O)c2cc(OC)ccc2OC)cc1. The Labute approximate surface area is 147 Å². The summed E-state index contributed by atoms with van der Waals surface area (Å²) in [6.07, 6.45) is 0. The second-order valence-electron chi connectivity index (χ2n) is 4.87. The molecule has 0 aliphatic heterocycles. The molecule has 0 saturated heterocycles. The van der Waals surface area contributed by atoms with Gasteiger partial charge >= 0.3 is 0 Å². The van der Waals surface area contributed by atoms with Crippen molar-refractivity contribution in [3.05, 3.63) is 48.0 Å². The number of hydrogen-bond acceptors (Lipinski definition) is 5. The zero-order chi connectivity index (χ0) is 18.3. The van der Waals surface area contributed by atoms with Gasteiger partial charge in [0.15, 0.2) is 0 Å². The van der Waals surface area contributed by atoms with Gasteiger partial charge in [-0.2, -0.15) is 4.72 Å². The van der Waals surface area contributed by atoms with Gasteiger partial charge in [-0.3, -0.25) is 0 Å². The summed E-state index contributed by atoms with van der Waals surface area (Å²) in [6.45, 7) is -0.0330. The molecule has 0 spiro atoms. The summed E-state index contributed by atoms with van der Waals surface area (Å²) in [4.78, 5) is 0.000553. The molecule has 0 aromatic heterocycles. The van der Waals surface area contributed by atoms with Crippen molar-refractivity contribution in [2.75, 3.05) is 27.9 Å². The van der Waals surface area contributed by atoms with Crippen LogP contribution in [-0.4, -0.2) is 36.3 Å². The van der Waals surface area contributed by atoms with E-state index in [1.807, 2.05) is 0 Å². The molecule has 2 aromatic carbocycles. The lowest BCUT2D eigenvalue weighted by Gasteiger charge is -2.10. The summed E-state index contributed by atoms with van der Waals surface area (Å²) >= 11 is 0. The van der Waals surface area contributed by atoms with Gasteiger partial charge in [0, 0.05) is 11.6 Å². The average Bonchev–Trinajstić information content (AvgIpc) is 2.65. The van der Waals surface area contributed by atoms with Gasteiger partial charge in [0.1, 0.15) is 22.1 Å². The molecule has 0 bridgehead atoms. The molecule has 0 unspecified atom stereocenters. The fourth-order valence-electron chi connectivity index (χ4n) is 2.02. The topological polar surface area (TPSA) is 73.9 Å². The van der Waals surface area contributed by atoms with Crippen LogP contribution in [-0.2, 0) is 10.0 Å². The molecule has 2 rings (SSSR count). The lowest BCUT2D eigenvalue weighted by molar-refractivity contribution is 0.392. The van der Waals surface area contributed by atoms with Crippen LogP contribution in [0.2, 0.25) is 0 Å². The second kappa shape index (κ2) is 8.42. The number of nitrogens with one attached hydrogen (secondary N) is 1. The molecule has 0 radical (unpaired) electrons. The molecule has 2 aromatic rings. The maximum Gasteiger partial charge on any atom is 0.245 e. The minimum atomic E-state index is -3.78. The van der Waals surface area contributed by atoms with Crippen LogP contribution in [0.4, 0.5) is 0 Å². The molecule has 0 amide bonds. The highest BCUT2D eigenvalue weighted by Gasteiger charge is 2.19. The van der Waals surface area contributed by atoms with Crippen molar-refractivity contribution < 1.29 is 22.6 Å². The quantitative estimate of drug-likeness (QED) is 0.797. The standard InChI is InChI=1S/C18H19NO5S/c1-22-15-8-6-14(7-9-15)5-4-12-19-25(20,21)18-13-16(23-2)10-11-17(18)24-3/h6-11,13,19H,12H2,1-3H3. The first kappa shape index (κ1) is 18.6. The highest BCUT2D eigenvalue weighted by atomic mass is 32.2. The van der Waals surface area contributed by atoms with E-state index in [0.717, 1.165) is 11.3 Å². The van der Waals surface area contributed by atoms with Crippen LogP contribution in [0.3, 0.4) is 0 Å². The monoisotopic (exact) mass is 361 g/mol. The van der Waals surface area contributed by atoms with Crippen molar-refractivity contribution in [3.8, 4) is 29.1 Å². The number of rotatable bonds is 6. The molecular formula is C18H19NO5S. The third kappa shape index (κ3) is 4.89. The summed E-state index contributed by atoms with van der Waals surface area (Å²) in [5.41, 5.74) is 0.763. The fourth-order valence-corrected chi connectivity index (χ4v) is 3.13. The fraction of sp³-hybridized carbons (Fsp3) is 0.222. The van der Waals surface area contributed by atoms with Crippen molar-refractivity contribution in [2.45, 2.75) is 4.90 Å². The van der Waals surface area contributed by atoms with E-state index in [0.29, 0.717) is 5.75 Å². The van der Waals surface area contributed by atoms with Crippen LogP contribution in [0.25, 0.3) is 0 Å². The molecule has 0 heterocycles. The minimum Gasteiger partial charge on any atom is -0.497 e.